The zero-order valence-electron chi connectivity index (χ0n) is 13.1. The fourth-order valence-corrected chi connectivity index (χ4v) is 2.92. The number of β-amino-alcohol motifs (C(OH)–C–C–N with tert-alkyl or cyclic N) is 1. The van der Waals surface area contributed by atoms with Crippen LogP contribution in [-0.2, 0) is 20.0 Å². The fraction of sp³-hybridized carbons (Fsp3) is 0.471. The molecule has 5 heteroatoms. The maximum Gasteiger partial charge on any atom is 0.157 e. The van der Waals surface area contributed by atoms with E-state index in [4.69, 9.17) is 4.74 Å². The number of hydrogen-bond acceptors (Lipinski definition) is 4. The van der Waals surface area contributed by atoms with Gasteiger partial charge in [-0.2, -0.15) is 5.10 Å². The third kappa shape index (κ3) is 3.48. The maximum atomic E-state index is 10.2. The molecule has 0 saturated carbocycles. The smallest absolute Gasteiger partial charge is 0.157 e. The number of hydrogen-bond donors (Lipinski definition) is 1. The van der Waals surface area contributed by atoms with Crippen molar-refractivity contribution < 1.29 is 9.84 Å². The van der Waals surface area contributed by atoms with Gasteiger partial charge in [-0.25, -0.2) is 0 Å². The highest BCUT2D eigenvalue weighted by Gasteiger charge is 2.33. The van der Waals surface area contributed by atoms with Crippen LogP contribution in [0.25, 0.3) is 0 Å². The van der Waals surface area contributed by atoms with Crippen molar-refractivity contribution in [2.45, 2.75) is 32.1 Å². The Bertz CT molecular complexity index is 626. The Labute approximate surface area is 131 Å². The summed E-state index contributed by atoms with van der Waals surface area (Å²) < 4.78 is 7.55. The van der Waals surface area contributed by atoms with Gasteiger partial charge in [0, 0.05) is 26.7 Å². The Hall–Kier alpha value is -1.85. The summed E-state index contributed by atoms with van der Waals surface area (Å²) in [6, 6.07) is 8.63. The van der Waals surface area contributed by atoms with E-state index >= 15 is 0 Å². The zero-order valence-corrected chi connectivity index (χ0v) is 13.1. The summed E-state index contributed by atoms with van der Waals surface area (Å²) in [7, 11) is 1.85. The van der Waals surface area contributed by atoms with Gasteiger partial charge in [-0.15, -0.1) is 0 Å². The van der Waals surface area contributed by atoms with Crippen molar-refractivity contribution in [2.24, 2.45) is 7.05 Å². The van der Waals surface area contributed by atoms with Gasteiger partial charge in [-0.3, -0.25) is 9.58 Å². The van der Waals surface area contributed by atoms with Crippen LogP contribution in [0.3, 0.4) is 0 Å². The highest BCUT2D eigenvalue weighted by Crippen LogP contribution is 2.20. The largest absolute Gasteiger partial charge is 0.483 e. The fourth-order valence-electron chi connectivity index (χ4n) is 2.92. The summed E-state index contributed by atoms with van der Waals surface area (Å²) in [5, 5.41) is 14.3. The Morgan fingerprint density at radius 1 is 1.32 bits per heavy atom. The average molecular weight is 301 g/mol. The number of likely N-dealkylation sites (tertiary alicyclic amines) is 1. The van der Waals surface area contributed by atoms with Crippen LogP contribution in [-0.4, -0.2) is 45.1 Å². The molecule has 22 heavy (non-hydrogen) atoms. The molecule has 2 aromatic rings. The predicted octanol–water partition coefficient (Wildman–Crippen LogP) is 1.61. The van der Waals surface area contributed by atoms with E-state index in [2.05, 4.69) is 41.2 Å². The van der Waals surface area contributed by atoms with Crippen LogP contribution in [0.2, 0.25) is 0 Å². The van der Waals surface area contributed by atoms with E-state index in [1.54, 1.807) is 10.9 Å². The molecule has 0 radical (unpaired) electrons. The minimum atomic E-state index is -0.463. The van der Waals surface area contributed by atoms with Gasteiger partial charge < -0.3 is 9.84 Å². The van der Waals surface area contributed by atoms with Crippen LogP contribution in [0.5, 0.6) is 5.75 Å². The molecule has 1 aromatic heterocycles. The van der Waals surface area contributed by atoms with Crippen molar-refractivity contribution >= 4 is 0 Å². The Morgan fingerprint density at radius 2 is 2.14 bits per heavy atom. The highest BCUT2D eigenvalue weighted by molar-refractivity contribution is 5.23. The minimum Gasteiger partial charge on any atom is -0.483 e. The molecular weight excluding hydrogens is 278 g/mol. The molecule has 1 aliphatic heterocycles. The molecule has 118 valence electrons. The van der Waals surface area contributed by atoms with E-state index < -0.39 is 6.10 Å². The van der Waals surface area contributed by atoms with E-state index in [1.807, 2.05) is 13.2 Å². The molecule has 0 bridgehead atoms. The number of aliphatic hydroxyl groups excluding tert-OH is 1. The molecule has 0 aliphatic carbocycles. The minimum absolute atomic E-state index is 0.196. The first-order chi connectivity index (χ1) is 10.6. The summed E-state index contributed by atoms with van der Waals surface area (Å²) in [4.78, 5) is 2.24. The summed E-state index contributed by atoms with van der Waals surface area (Å²) in [6.45, 7) is 4.38. The molecule has 0 spiro atoms. The van der Waals surface area contributed by atoms with Gasteiger partial charge >= 0.3 is 0 Å². The zero-order chi connectivity index (χ0) is 15.5. The third-order valence-electron chi connectivity index (χ3n) is 4.09. The van der Waals surface area contributed by atoms with Gasteiger partial charge in [0.25, 0.3) is 0 Å². The van der Waals surface area contributed by atoms with Gasteiger partial charge in [-0.1, -0.05) is 31.2 Å². The lowest BCUT2D eigenvalue weighted by Gasteiger charge is -2.16. The second-order valence-corrected chi connectivity index (χ2v) is 5.94. The molecule has 1 aromatic carbocycles. The number of nitrogens with zero attached hydrogens (tertiary/aromatic N) is 3. The Balaban J connectivity index is 1.60. The SMILES string of the molecule is CCc1cccc(CN2C[C@@H](O)[C@H](Oc3cnn(C)c3)C2)c1. The van der Waals surface area contributed by atoms with E-state index in [1.165, 1.54) is 11.1 Å². The summed E-state index contributed by atoms with van der Waals surface area (Å²) in [6.07, 6.45) is 3.89. The van der Waals surface area contributed by atoms with Crippen molar-refractivity contribution in [3.05, 3.63) is 47.8 Å². The molecule has 2 atom stereocenters. The second kappa shape index (κ2) is 6.50. The summed E-state index contributed by atoms with van der Waals surface area (Å²) in [5.41, 5.74) is 2.63. The number of ether oxygens (including phenoxy) is 1. The van der Waals surface area contributed by atoms with Crippen molar-refractivity contribution in [3.63, 3.8) is 0 Å². The van der Waals surface area contributed by atoms with Gasteiger partial charge in [0.05, 0.1) is 12.4 Å². The normalized spacial score (nSPS) is 22.1. The van der Waals surface area contributed by atoms with E-state index in [0.717, 1.165) is 19.5 Å². The first-order valence-corrected chi connectivity index (χ1v) is 7.77. The molecule has 0 amide bonds. The van der Waals surface area contributed by atoms with Gasteiger partial charge in [0.2, 0.25) is 0 Å². The lowest BCUT2D eigenvalue weighted by molar-refractivity contribution is 0.0736. The summed E-state index contributed by atoms with van der Waals surface area (Å²) in [5.74, 6) is 0.710. The van der Waals surface area contributed by atoms with Crippen LogP contribution in [0.1, 0.15) is 18.1 Å². The van der Waals surface area contributed by atoms with E-state index in [-0.39, 0.29) is 6.10 Å². The monoisotopic (exact) mass is 301 g/mol. The van der Waals surface area contributed by atoms with Crippen molar-refractivity contribution in [3.8, 4) is 5.75 Å². The maximum absolute atomic E-state index is 10.2. The topological polar surface area (TPSA) is 50.5 Å². The number of aryl methyl sites for hydroxylation is 2. The van der Waals surface area contributed by atoms with Crippen molar-refractivity contribution in [1.29, 1.82) is 0 Å². The standard InChI is InChI=1S/C17H23N3O2/c1-3-13-5-4-6-14(7-13)9-20-11-16(21)17(12-20)22-15-8-18-19(2)10-15/h4-8,10,16-17,21H,3,9,11-12H2,1-2H3/t16-,17-/m1/s1. The molecule has 1 saturated heterocycles. The van der Waals surface area contributed by atoms with Crippen molar-refractivity contribution in [2.75, 3.05) is 13.1 Å². The van der Waals surface area contributed by atoms with E-state index in [0.29, 0.717) is 12.3 Å². The Morgan fingerprint density at radius 3 is 2.86 bits per heavy atom. The molecular formula is C17H23N3O2. The number of aliphatic hydroxyl groups is 1. The van der Waals surface area contributed by atoms with Gasteiger partial charge in [-0.05, 0) is 17.5 Å². The van der Waals surface area contributed by atoms with Crippen molar-refractivity contribution in [1.82, 2.24) is 14.7 Å². The van der Waals surface area contributed by atoms with Crippen LogP contribution >= 0.6 is 0 Å². The van der Waals surface area contributed by atoms with Crippen LogP contribution in [0, 0.1) is 0 Å². The van der Waals surface area contributed by atoms with Crippen LogP contribution in [0.15, 0.2) is 36.7 Å². The van der Waals surface area contributed by atoms with Crippen LogP contribution in [0.4, 0.5) is 0 Å². The number of aromatic nitrogens is 2. The number of benzene rings is 1. The lowest BCUT2D eigenvalue weighted by atomic mass is 10.1. The second-order valence-electron chi connectivity index (χ2n) is 5.94. The molecule has 1 aliphatic rings. The van der Waals surface area contributed by atoms with Gasteiger partial charge in [0.15, 0.2) is 5.75 Å². The predicted molar refractivity (Wildman–Crippen MR) is 84.7 cm³/mol. The molecule has 1 fully saturated rings. The third-order valence-corrected chi connectivity index (χ3v) is 4.09. The molecule has 1 N–H and O–H groups in total. The molecule has 3 rings (SSSR count). The van der Waals surface area contributed by atoms with Gasteiger partial charge in [0.1, 0.15) is 12.2 Å². The molecule has 5 nitrogen and oxygen atoms in total. The van der Waals surface area contributed by atoms with E-state index in [9.17, 15) is 5.11 Å². The molecule has 2 heterocycles. The first-order valence-electron chi connectivity index (χ1n) is 7.77. The summed E-state index contributed by atoms with van der Waals surface area (Å²) >= 11 is 0. The number of rotatable bonds is 5. The molecule has 0 unspecified atom stereocenters. The average Bonchev–Trinajstić information content (AvgIpc) is 3.06. The lowest BCUT2D eigenvalue weighted by Crippen LogP contribution is -2.29. The Kier molecular flexibility index (Phi) is 4.45. The quantitative estimate of drug-likeness (QED) is 0.911. The first kappa shape index (κ1) is 15.1. The van der Waals surface area contributed by atoms with Crippen LogP contribution < -0.4 is 4.74 Å². The highest BCUT2D eigenvalue weighted by atomic mass is 16.5.